The zero-order valence-electron chi connectivity index (χ0n) is 34.2. The number of allylic oxidation sites excluding steroid dienone is 5. The number of carbonyl (C=O) groups excluding carboxylic acids is 2. The summed E-state index contributed by atoms with van der Waals surface area (Å²) in [5.74, 6) is -1.36. The molecule has 1 rings (SSSR count). The molecule has 1 aliphatic rings. The normalized spacial score (nSPS) is 23.2. The lowest BCUT2D eigenvalue weighted by molar-refractivity contribution is -0.220. The van der Waals surface area contributed by atoms with Gasteiger partial charge in [0.1, 0.15) is 43.2 Å². The van der Waals surface area contributed by atoms with Gasteiger partial charge < -0.3 is 39.9 Å². The van der Waals surface area contributed by atoms with Crippen molar-refractivity contribution in [1.82, 2.24) is 0 Å². The molecule has 0 aliphatic heterocycles. The van der Waals surface area contributed by atoms with Crippen molar-refractivity contribution in [2.45, 2.75) is 204 Å². The van der Waals surface area contributed by atoms with Crippen LogP contribution in [0.1, 0.15) is 162 Å². The molecule has 8 atom stereocenters. The number of phosphoric acid groups is 1. The molecule has 6 unspecified atom stereocenters. The van der Waals surface area contributed by atoms with Crippen molar-refractivity contribution >= 4 is 19.8 Å². The standard InChI is InChI=1S/C42H75O13P/c1-3-5-7-9-11-13-15-17-18-19-21-23-25-27-29-31-36(44)54-34(32-52-35(43)30-28-26-24-22-20-16-14-12-10-8-6-4-2)33-53-56(50,51)55-42-40(48)38(46)37(45)39(47)41(42)49/h12,14,25,27,29,31,34,37-42,45-49H,3-11,13,15-24,26,28,30,32-33H2,1-2H3,(H,50,51)/b14-12+,27-25+,31-29+/t34-,37?,38+,39?,40?,41?,42?/m1/s1. The lowest BCUT2D eigenvalue weighted by Gasteiger charge is -2.41. The zero-order chi connectivity index (χ0) is 41.4. The molecule has 1 fully saturated rings. The summed E-state index contributed by atoms with van der Waals surface area (Å²) in [6.45, 7) is 3.15. The minimum absolute atomic E-state index is 0.137. The highest BCUT2D eigenvalue weighted by molar-refractivity contribution is 7.47. The van der Waals surface area contributed by atoms with E-state index >= 15 is 0 Å². The second kappa shape index (κ2) is 33.0. The third-order valence-corrected chi connectivity index (χ3v) is 10.8. The van der Waals surface area contributed by atoms with E-state index < -0.39 is 75.7 Å². The molecule has 13 nitrogen and oxygen atoms in total. The highest BCUT2D eigenvalue weighted by Gasteiger charge is 2.51. The predicted molar refractivity (Wildman–Crippen MR) is 216 cm³/mol. The van der Waals surface area contributed by atoms with E-state index in [-0.39, 0.29) is 6.42 Å². The molecule has 326 valence electrons. The first-order valence-electron chi connectivity index (χ1n) is 21.3. The Labute approximate surface area is 336 Å². The van der Waals surface area contributed by atoms with Crippen LogP contribution in [0.15, 0.2) is 36.5 Å². The number of aliphatic hydroxyl groups excluding tert-OH is 5. The van der Waals surface area contributed by atoms with E-state index in [0.29, 0.717) is 6.42 Å². The largest absolute Gasteiger partial charge is 0.472 e. The van der Waals surface area contributed by atoms with E-state index in [4.69, 9.17) is 18.5 Å². The Bertz CT molecular complexity index is 1130. The van der Waals surface area contributed by atoms with Crippen LogP contribution < -0.4 is 0 Å². The summed E-state index contributed by atoms with van der Waals surface area (Å²) in [5, 5.41) is 50.0. The van der Waals surface area contributed by atoms with Crippen LogP contribution in [-0.2, 0) is 32.7 Å². The minimum Gasteiger partial charge on any atom is -0.462 e. The molecule has 1 aliphatic carbocycles. The molecule has 0 amide bonds. The van der Waals surface area contributed by atoms with Crippen molar-refractivity contribution in [3.8, 4) is 0 Å². The second-order valence-corrected chi connectivity index (χ2v) is 16.3. The number of hydrogen-bond donors (Lipinski definition) is 6. The van der Waals surface area contributed by atoms with Crippen LogP contribution in [0.4, 0.5) is 0 Å². The van der Waals surface area contributed by atoms with Gasteiger partial charge in [0.2, 0.25) is 0 Å². The van der Waals surface area contributed by atoms with Crippen molar-refractivity contribution in [2.75, 3.05) is 13.2 Å². The molecule has 0 aromatic carbocycles. The van der Waals surface area contributed by atoms with E-state index in [0.717, 1.165) is 63.9 Å². The van der Waals surface area contributed by atoms with Gasteiger partial charge in [-0.3, -0.25) is 13.8 Å². The Balaban J connectivity index is 2.57. The van der Waals surface area contributed by atoms with Crippen molar-refractivity contribution in [2.24, 2.45) is 0 Å². The van der Waals surface area contributed by atoms with Gasteiger partial charge >= 0.3 is 19.8 Å². The highest BCUT2D eigenvalue weighted by atomic mass is 31.2. The summed E-state index contributed by atoms with van der Waals surface area (Å²) >= 11 is 0. The van der Waals surface area contributed by atoms with Gasteiger partial charge in [-0.2, -0.15) is 0 Å². The van der Waals surface area contributed by atoms with Gasteiger partial charge in [-0.05, 0) is 44.9 Å². The first kappa shape index (κ1) is 52.1. The van der Waals surface area contributed by atoms with E-state index in [1.165, 1.54) is 83.1 Å². The summed E-state index contributed by atoms with van der Waals surface area (Å²) in [6, 6.07) is 0. The van der Waals surface area contributed by atoms with Gasteiger partial charge in [0.05, 0.1) is 6.61 Å². The first-order chi connectivity index (χ1) is 26.9. The van der Waals surface area contributed by atoms with Crippen molar-refractivity contribution in [3.05, 3.63) is 36.5 Å². The number of rotatable bonds is 34. The fourth-order valence-corrected chi connectivity index (χ4v) is 7.28. The Hall–Kier alpha value is -1.93. The number of esters is 2. The molecule has 0 spiro atoms. The zero-order valence-corrected chi connectivity index (χ0v) is 35.1. The van der Waals surface area contributed by atoms with Gasteiger partial charge in [0.15, 0.2) is 6.10 Å². The van der Waals surface area contributed by atoms with Crippen LogP contribution in [0.5, 0.6) is 0 Å². The Morgan fingerprint density at radius 1 is 0.589 bits per heavy atom. The molecule has 0 bridgehead atoms. The monoisotopic (exact) mass is 818 g/mol. The van der Waals surface area contributed by atoms with Crippen LogP contribution in [-0.4, -0.2) is 98.3 Å². The maximum absolute atomic E-state index is 12.8. The molecular formula is C42H75O13P. The molecule has 0 aromatic heterocycles. The van der Waals surface area contributed by atoms with Gasteiger partial charge in [-0.15, -0.1) is 0 Å². The lowest BCUT2D eigenvalue weighted by atomic mass is 9.85. The van der Waals surface area contributed by atoms with Crippen LogP contribution in [0.25, 0.3) is 0 Å². The Kier molecular flexibility index (Phi) is 30.7. The maximum Gasteiger partial charge on any atom is 0.472 e. The molecule has 0 radical (unpaired) electrons. The Morgan fingerprint density at radius 3 is 1.59 bits per heavy atom. The van der Waals surface area contributed by atoms with Gasteiger partial charge in [0, 0.05) is 12.5 Å². The minimum atomic E-state index is -5.14. The van der Waals surface area contributed by atoms with Crippen molar-refractivity contribution < 1.29 is 63.1 Å². The number of unbranched alkanes of at least 4 members (excludes halogenated alkanes) is 19. The van der Waals surface area contributed by atoms with Crippen LogP contribution in [0.2, 0.25) is 0 Å². The maximum atomic E-state index is 12.8. The average Bonchev–Trinajstić information content (AvgIpc) is 3.18. The number of aliphatic hydroxyl groups is 5. The van der Waals surface area contributed by atoms with Gasteiger partial charge in [-0.25, -0.2) is 9.36 Å². The van der Waals surface area contributed by atoms with Crippen molar-refractivity contribution in [1.29, 1.82) is 0 Å². The first-order valence-corrected chi connectivity index (χ1v) is 22.8. The molecule has 6 N–H and O–H groups in total. The molecule has 14 heteroatoms. The van der Waals surface area contributed by atoms with Crippen molar-refractivity contribution in [3.63, 3.8) is 0 Å². The third kappa shape index (κ3) is 25.4. The predicted octanol–water partition coefficient (Wildman–Crippen LogP) is 7.44. The van der Waals surface area contributed by atoms with Crippen LogP contribution >= 0.6 is 7.82 Å². The fourth-order valence-electron chi connectivity index (χ4n) is 6.31. The SMILES string of the molecule is CCCCC/C=C/CCCCCCCC(=O)OC[C@H](COP(=O)(O)OC1C(O)C(O)C(O)[C@H](O)C1O)OC(=O)/C=C/C=C/CCCCCCCCCCCCC. The summed E-state index contributed by atoms with van der Waals surface area (Å²) in [5.41, 5.74) is 0. The van der Waals surface area contributed by atoms with Gasteiger partial charge in [0.25, 0.3) is 0 Å². The number of phosphoric ester groups is 1. The summed E-state index contributed by atoms with van der Waals surface area (Å²) < 4.78 is 33.2. The summed E-state index contributed by atoms with van der Waals surface area (Å²) in [4.78, 5) is 35.4. The van der Waals surface area contributed by atoms with E-state index in [1.54, 1.807) is 6.08 Å². The molecule has 56 heavy (non-hydrogen) atoms. The van der Waals surface area contributed by atoms with E-state index in [9.17, 15) is 44.6 Å². The van der Waals surface area contributed by atoms with Gasteiger partial charge in [-0.1, -0.05) is 141 Å². The highest BCUT2D eigenvalue weighted by Crippen LogP contribution is 2.47. The van der Waals surface area contributed by atoms with E-state index in [1.807, 2.05) is 6.08 Å². The smallest absolute Gasteiger partial charge is 0.462 e. The molecule has 0 aromatic rings. The van der Waals surface area contributed by atoms with Crippen LogP contribution in [0, 0.1) is 0 Å². The molecule has 0 saturated heterocycles. The number of carbonyl (C=O) groups is 2. The van der Waals surface area contributed by atoms with Crippen LogP contribution in [0.3, 0.4) is 0 Å². The quantitative estimate of drug-likeness (QED) is 0.00933. The van der Waals surface area contributed by atoms with E-state index in [2.05, 4.69) is 26.0 Å². The third-order valence-electron chi connectivity index (χ3n) is 9.81. The Morgan fingerprint density at radius 2 is 1.04 bits per heavy atom. The lowest BCUT2D eigenvalue weighted by Crippen LogP contribution is -2.64. The topological polar surface area (TPSA) is 210 Å². The molecular weight excluding hydrogens is 743 g/mol. The molecule has 1 saturated carbocycles. The summed E-state index contributed by atoms with van der Waals surface area (Å²) in [7, 11) is -5.14. The fraction of sp³-hybridized carbons (Fsp3) is 0.810. The molecule has 0 heterocycles. The number of ether oxygens (including phenoxy) is 2. The average molecular weight is 819 g/mol. The summed E-state index contributed by atoms with van der Waals surface area (Å²) in [6.07, 6.45) is 22.7. The number of hydrogen-bond acceptors (Lipinski definition) is 12. The second-order valence-electron chi connectivity index (χ2n) is 14.9.